The molecule has 4 heteroatoms. The highest BCUT2D eigenvalue weighted by atomic mass is 16.5. The van der Waals surface area contributed by atoms with Crippen molar-refractivity contribution in [3.8, 4) is 0 Å². The van der Waals surface area contributed by atoms with E-state index in [1.54, 1.807) is 14.2 Å². The fourth-order valence-electron chi connectivity index (χ4n) is 6.70. The minimum atomic E-state index is 0.188. The molecule has 2 rings (SSSR count). The average Bonchev–Trinajstić information content (AvgIpc) is 2.84. The van der Waals surface area contributed by atoms with E-state index in [9.17, 15) is 0 Å². The van der Waals surface area contributed by atoms with Crippen molar-refractivity contribution >= 4 is 0 Å². The number of hydrogen-bond acceptors (Lipinski definition) is 4. The zero-order valence-corrected chi connectivity index (χ0v) is 24.3. The Labute approximate surface area is 213 Å². The fraction of sp³-hybridized carbons (Fsp3) is 1.00. The molecule has 2 aliphatic rings. The molecule has 4 nitrogen and oxygen atoms in total. The van der Waals surface area contributed by atoms with Gasteiger partial charge in [0.2, 0.25) is 0 Å². The summed E-state index contributed by atoms with van der Waals surface area (Å²) in [6.45, 7) is 12.5. The van der Waals surface area contributed by atoms with E-state index in [4.69, 9.17) is 18.9 Å². The first kappa shape index (κ1) is 31.9. The Morgan fingerprint density at radius 3 is 1.26 bits per heavy atom. The van der Waals surface area contributed by atoms with Crippen LogP contribution in [0, 0.1) is 34.5 Å². The van der Waals surface area contributed by atoms with Gasteiger partial charge in [0.15, 0.2) is 0 Å². The second-order valence-electron chi connectivity index (χ2n) is 12.1. The molecule has 0 radical (unpaired) electrons. The van der Waals surface area contributed by atoms with Crippen LogP contribution in [-0.4, -0.2) is 54.9 Å². The van der Waals surface area contributed by atoms with Crippen molar-refractivity contribution in [2.75, 3.05) is 54.9 Å². The van der Waals surface area contributed by atoms with Crippen molar-refractivity contribution in [2.45, 2.75) is 105 Å². The van der Waals surface area contributed by atoms with E-state index in [1.165, 1.54) is 77.0 Å². The van der Waals surface area contributed by atoms with E-state index in [0.717, 1.165) is 44.2 Å². The van der Waals surface area contributed by atoms with Gasteiger partial charge in [-0.05, 0) is 55.8 Å². The highest BCUT2D eigenvalue weighted by Crippen LogP contribution is 2.49. The maximum atomic E-state index is 5.69. The predicted molar refractivity (Wildman–Crippen MR) is 144 cm³/mol. The normalized spacial score (nSPS) is 18.9. The first-order chi connectivity index (χ1) is 16.3. The van der Waals surface area contributed by atoms with Gasteiger partial charge in [-0.15, -0.1) is 0 Å². The monoisotopic (exact) mass is 484 g/mol. The first-order valence-electron chi connectivity index (χ1n) is 14.3. The average molecular weight is 485 g/mol. The third-order valence-electron chi connectivity index (χ3n) is 8.97. The Morgan fingerprint density at radius 1 is 0.588 bits per heavy atom. The van der Waals surface area contributed by atoms with Crippen molar-refractivity contribution < 1.29 is 18.9 Å². The number of methoxy groups -OCH3 is 4. The quantitative estimate of drug-likeness (QED) is 0.252. The summed E-state index contributed by atoms with van der Waals surface area (Å²) in [6, 6.07) is 0. The molecule has 0 N–H and O–H groups in total. The fourth-order valence-corrected chi connectivity index (χ4v) is 6.70. The molecule has 0 aliphatic heterocycles. The third-order valence-corrected chi connectivity index (χ3v) is 8.97. The van der Waals surface area contributed by atoms with Crippen molar-refractivity contribution in [3.63, 3.8) is 0 Å². The molecule has 2 fully saturated rings. The topological polar surface area (TPSA) is 36.9 Å². The van der Waals surface area contributed by atoms with Gasteiger partial charge in [-0.3, -0.25) is 0 Å². The highest BCUT2D eigenvalue weighted by molar-refractivity contribution is 4.94. The Kier molecular flexibility index (Phi) is 16.2. The minimum absolute atomic E-state index is 0.188. The summed E-state index contributed by atoms with van der Waals surface area (Å²) < 4.78 is 22.1. The zero-order valence-electron chi connectivity index (χ0n) is 24.3. The lowest BCUT2D eigenvalue weighted by Crippen LogP contribution is -2.47. The standard InChI is InChI=1S/C17H32O2.C13H28O2/c1-18-13-17(14-19-2,15-9-5-3-6-10-15)16-11-7-4-8-12-16;1-11(2)7-8-13(9-14-5,10-15-6)12(3)4/h15-16H,3-14H2,1-2H3;11-12H,7-10H2,1-6H3. The lowest BCUT2D eigenvalue weighted by Gasteiger charge is -2.48. The molecular weight excluding hydrogens is 424 g/mol. The molecule has 0 spiro atoms. The van der Waals surface area contributed by atoms with Crippen molar-refractivity contribution in [1.29, 1.82) is 0 Å². The minimum Gasteiger partial charge on any atom is -0.384 e. The van der Waals surface area contributed by atoms with Gasteiger partial charge in [0.1, 0.15) is 0 Å². The molecule has 0 atom stereocenters. The van der Waals surface area contributed by atoms with Gasteiger partial charge in [0, 0.05) is 39.3 Å². The van der Waals surface area contributed by atoms with Crippen molar-refractivity contribution in [1.82, 2.24) is 0 Å². The van der Waals surface area contributed by atoms with Gasteiger partial charge >= 0.3 is 0 Å². The molecule has 0 saturated heterocycles. The smallest absolute Gasteiger partial charge is 0.0546 e. The number of rotatable bonds is 14. The summed E-state index contributed by atoms with van der Waals surface area (Å²) in [5.41, 5.74) is 0.484. The number of hydrogen-bond donors (Lipinski definition) is 0. The molecule has 0 amide bonds. The summed E-state index contributed by atoms with van der Waals surface area (Å²) in [7, 11) is 7.30. The van der Waals surface area contributed by atoms with E-state index >= 15 is 0 Å². The summed E-state index contributed by atoms with van der Waals surface area (Å²) in [5, 5.41) is 0. The zero-order chi connectivity index (χ0) is 25.5. The van der Waals surface area contributed by atoms with E-state index in [-0.39, 0.29) is 5.41 Å². The maximum absolute atomic E-state index is 5.69. The molecule has 0 aromatic heterocycles. The lowest BCUT2D eigenvalue weighted by atomic mass is 9.59. The van der Waals surface area contributed by atoms with Gasteiger partial charge in [-0.1, -0.05) is 72.6 Å². The predicted octanol–water partition coefficient (Wildman–Crippen LogP) is 7.78. The van der Waals surface area contributed by atoms with E-state index in [1.807, 2.05) is 14.2 Å². The van der Waals surface area contributed by atoms with E-state index in [2.05, 4.69) is 27.7 Å². The van der Waals surface area contributed by atoms with Crippen molar-refractivity contribution in [2.24, 2.45) is 34.5 Å². The van der Waals surface area contributed by atoms with Crippen LogP contribution in [-0.2, 0) is 18.9 Å². The first-order valence-corrected chi connectivity index (χ1v) is 14.3. The Bertz CT molecular complexity index is 446. The van der Waals surface area contributed by atoms with Gasteiger partial charge in [0.25, 0.3) is 0 Å². The van der Waals surface area contributed by atoms with Gasteiger partial charge in [0.05, 0.1) is 26.4 Å². The van der Waals surface area contributed by atoms with Crippen LogP contribution in [0.25, 0.3) is 0 Å². The Balaban J connectivity index is 0.000000352. The molecule has 0 heterocycles. The Hall–Kier alpha value is -0.160. The molecule has 204 valence electrons. The lowest BCUT2D eigenvalue weighted by molar-refractivity contribution is -0.0888. The highest BCUT2D eigenvalue weighted by Gasteiger charge is 2.45. The van der Waals surface area contributed by atoms with Crippen LogP contribution in [0.15, 0.2) is 0 Å². The molecule has 0 aromatic carbocycles. The molecule has 0 unspecified atom stereocenters. The van der Waals surface area contributed by atoms with E-state index in [0.29, 0.717) is 11.3 Å². The van der Waals surface area contributed by atoms with Crippen LogP contribution in [0.2, 0.25) is 0 Å². The van der Waals surface area contributed by atoms with Crippen LogP contribution in [0.3, 0.4) is 0 Å². The molecule has 0 bridgehead atoms. The SMILES string of the molecule is COCC(CCC(C)C)(COC)C(C)C.COCC(COC)(C1CCCCC1)C1CCCCC1. The largest absolute Gasteiger partial charge is 0.384 e. The molecule has 0 aromatic rings. The third kappa shape index (κ3) is 9.71. The second kappa shape index (κ2) is 17.3. The summed E-state index contributed by atoms with van der Waals surface area (Å²) >= 11 is 0. The van der Waals surface area contributed by atoms with Gasteiger partial charge < -0.3 is 18.9 Å². The summed E-state index contributed by atoms with van der Waals surface area (Å²) in [4.78, 5) is 0. The summed E-state index contributed by atoms with van der Waals surface area (Å²) in [5.74, 6) is 2.99. The summed E-state index contributed by atoms with van der Waals surface area (Å²) in [6.07, 6.45) is 16.5. The second-order valence-corrected chi connectivity index (χ2v) is 12.1. The van der Waals surface area contributed by atoms with Crippen LogP contribution >= 0.6 is 0 Å². The van der Waals surface area contributed by atoms with Gasteiger partial charge in [-0.25, -0.2) is 0 Å². The van der Waals surface area contributed by atoms with Crippen LogP contribution < -0.4 is 0 Å². The van der Waals surface area contributed by atoms with E-state index < -0.39 is 0 Å². The number of ether oxygens (including phenoxy) is 4. The molecular formula is C30H60O4. The van der Waals surface area contributed by atoms with Crippen molar-refractivity contribution in [3.05, 3.63) is 0 Å². The Morgan fingerprint density at radius 2 is 0.971 bits per heavy atom. The molecule has 2 saturated carbocycles. The van der Waals surface area contributed by atoms with Gasteiger partial charge in [-0.2, -0.15) is 0 Å². The van der Waals surface area contributed by atoms with Crippen LogP contribution in [0.1, 0.15) is 105 Å². The molecule has 2 aliphatic carbocycles. The van der Waals surface area contributed by atoms with Crippen LogP contribution in [0.5, 0.6) is 0 Å². The van der Waals surface area contributed by atoms with Crippen LogP contribution in [0.4, 0.5) is 0 Å². The maximum Gasteiger partial charge on any atom is 0.0546 e. The molecule has 34 heavy (non-hydrogen) atoms.